The average Bonchev–Trinajstić information content (AvgIpc) is 2.69. The molecule has 0 aliphatic carbocycles. The highest BCUT2D eigenvalue weighted by molar-refractivity contribution is 6.31. The number of hydrogen-bond donors (Lipinski definition) is 1. The molecular formula is C22H25ClN2O3. The van der Waals surface area contributed by atoms with Crippen LogP contribution in [0.2, 0.25) is 5.02 Å². The fourth-order valence-corrected chi connectivity index (χ4v) is 3.89. The molecule has 5 nitrogen and oxygen atoms in total. The van der Waals surface area contributed by atoms with Crippen molar-refractivity contribution in [1.29, 1.82) is 0 Å². The van der Waals surface area contributed by atoms with Crippen molar-refractivity contribution in [2.24, 2.45) is 0 Å². The maximum atomic E-state index is 13.4. The number of nitrogens with zero attached hydrogens (tertiary/aromatic N) is 1. The second-order valence-electron chi connectivity index (χ2n) is 7.20. The summed E-state index contributed by atoms with van der Waals surface area (Å²) in [7, 11) is 1.75. The molecule has 148 valence electrons. The first-order valence-electron chi connectivity index (χ1n) is 9.37. The lowest BCUT2D eigenvalue weighted by Crippen LogP contribution is -2.45. The predicted octanol–water partition coefficient (Wildman–Crippen LogP) is 4.01. The van der Waals surface area contributed by atoms with Crippen LogP contribution in [0.3, 0.4) is 0 Å². The Morgan fingerprint density at radius 3 is 2.54 bits per heavy atom. The van der Waals surface area contributed by atoms with Crippen LogP contribution in [0.1, 0.15) is 30.9 Å². The Morgan fingerprint density at radius 2 is 1.86 bits per heavy atom. The summed E-state index contributed by atoms with van der Waals surface area (Å²) in [5, 5.41) is 3.66. The van der Waals surface area contributed by atoms with Crippen molar-refractivity contribution in [3.05, 3.63) is 64.7 Å². The number of carbonyl (C=O) groups is 2. The van der Waals surface area contributed by atoms with Crippen molar-refractivity contribution in [2.75, 3.05) is 25.6 Å². The van der Waals surface area contributed by atoms with Crippen LogP contribution in [0, 0.1) is 0 Å². The zero-order valence-electron chi connectivity index (χ0n) is 16.2. The molecule has 0 spiro atoms. The molecule has 0 aromatic heterocycles. The van der Waals surface area contributed by atoms with E-state index in [4.69, 9.17) is 16.3 Å². The number of carbonyl (C=O) groups excluding carboxylic acids is 2. The standard InChI is InChI=1S/C22H25ClN2O3/c1-16(26)25(2)15-17-6-5-7-18(14-17)24-21(27)22(10-12-28-13-11-22)19-8-3-4-9-20(19)23/h3-9,14H,10-13,15H2,1-2H3,(H,24,27). The van der Waals surface area contributed by atoms with Gasteiger partial charge in [0.15, 0.2) is 0 Å². The van der Waals surface area contributed by atoms with Crippen LogP contribution in [0.5, 0.6) is 0 Å². The van der Waals surface area contributed by atoms with Crippen molar-refractivity contribution >= 4 is 29.1 Å². The predicted molar refractivity (Wildman–Crippen MR) is 110 cm³/mol. The molecule has 2 aromatic rings. The fourth-order valence-electron chi connectivity index (χ4n) is 3.57. The van der Waals surface area contributed by atoms with Crippen LogP contribution >= 0.6 is 11.6 Å². The lowest BCUT2D eigenvalue weighted by molar-refractivity contribution is -0.128. The first-order valence-corrected chi connectivity index (χ1v) is 9.75. The van der Waals surface area contributed by atoms with Gasteiger partial charge in [-0.3, -0.25) is 9.59 Å². The molecule has 28 heavy (non-hydrogen) atoms. The van der Waals surface area contributed by atoms with E-state index in [-0.39, 0.29) is 11.8 Å². The third-order valence-electron chi connectivity index (χ3n) is 5.31. The maximum absolute atomic E-state index is 13.4. The molecule has 1 aliphatic rings. The van der Waals surface area contributed by atoms with Gasteiger partial charge in [-0.05, 0) is 42.2 Å². The number of amides is 2. The number of benzene rings is 2. The number of nitrogens with one attached hydrogen (secondary N) is 1. The summed E-state index contributed by atoms with van der Waals surface area (Å²) >= 11 is 6.45. The van der Waals surface area contributed by atoms with Crippen LogP contribution in [-0.2, 0) is 26.3 Å². The fraction of sp³-hybridized carbons (Fsp3) is 0.364. The highest BCUT2D eigenvalue weighted by atomic mass is 35.5. The van der Waals surface area contributed by atoms with E-state index in [1.807, 2.05) is 48.5 Å². The minimum atomic E-state index is -0.719. The summed E-state index contributed by atoms with van der Waals surface area (Å²) in [6, 6.07) is 15.1. The average molecular weight is 401 g/mol. The smallest absolute Gasteiger partial charge is 0.235 e. The Balaban J connectivity index is 1.85. The Hall–Kier alpha value is -2.37. The van der Waals surface area contributed by atoms with E-state index in [0.717, 1.165) is 11.1 Å². The summed E-state index contributed by atoms with van der Waals surface area (Å²) in [6.45, 7) is 3.05. The molecule has 2 amide bonds. The van der Waals surface area contributed by atoms with Crippen LogP contribution in [0.4, 0.5) is 5.69 Å². The van der Waals surface area contributed by atoms with Gasteiger partial charge in [0.25, 0.3) is 0 Å². The van der Waals surface area contributed by atoms with Gasteiger partial charge in [0.05, 0.1) is 5.41 Å². The van der Waals surface area contributed by atoms with Gasteiger partial charge in [-0.2, -0.15) is 0 Å². The number of hydrogen-bond acceptors (Lipinski definition) is 3. The van der Waals surface area contributed by atoms with Gasteiger partial charge in [-0.1, -0.05) is 41.9 Å². The van der Waals surface area contributed by atoms with Crippen molar-refractivity contribution < 1.29 is 14.3 Å². The van der Waals surface area contributed by atoms with Crippen molar-refractivity contribution in [1.82, 2.24) is 4.90 Å². The molecule has 0 bridgehead atoms. The Kier molecular flexibility index (Phi) is 6.37. The highest BCUT2D eigenvalue weighted by Gasteiger charge is 2.43. The zero-order valence-corrected chi connectivity index (χ0v) is 17.0. The van der Waals surface area contributed by atoms with Gasteiger partial charge in [0.1, 0.15) is 0 Å². The summed E-state index contributed by atoms with van der Waals surface area (Å²) in [6.07, 6.45) is 1.16. The van der Waals surface area contributed by atoms with Crippen molar-refractivity contribution in [2.45, 2.75) is 31.7 Å². The number of anilines is 1. The largest absolute Gasteiger partial charge is 0.381 e. The maximum Gasteiger partial charge on any atom is 0.235 e. The van der Waals surface area contributed by atoms with E-state index < -0.39 is 5.41 Å². The molecular weight excluding hydrogens is 376 g/mol. The van der Waals surface area contributed by atoms with Gasteiger partial charge in [-0.15, -0.1) is 0 Å². The molecule has 3 rings (SSSR count). The summed E-state index contributed by atoms with van der Waals surface area (Å²) < 4.78 is 5.51. The lowest BCUT2D eigenvalue weighted by Gasteiger charge is -2.36. The van der Waals surface area contributed by atoms with Crippen LogP contribution < -0.4 is 5.32 Å². The lowest BCUT2D eigenvalue weighted by atomic mass is 9.73. The van der Waals surface area contributed by atoms with Gasteiger partial charge < -0.3 is 15.0 Å². The number of halogens is 1. The Morgan fingerprint density at radius 1 is 1.14 bits per heavy atom. The van der Waals surface area contributed by atoms with Gasteiger partial charge in [0, 0.05) is 44.4 Å². The van der Waals surface area contributed by atoms with E-state index >= 15 is 0 Å². The first kappa shape index (κ1) is 20.4. The molecule has 0 unspecified atom stereocenters. The minimum absolute atomic E-state index is 0.00526. The van der Waals surface area contributed by atoms with E-state index in [9.17, 15) is 9.59 Å². The molecule has 1 fully saturated rings. The van der Waals surface area contributed by atoms with Gasteiger partial charge in [-0.25, -0.2) is 0 Å². The van der Waals surface area contributed by atoms with Crippen molar-refractivity contribution in [3.8, 4) is 0 Å². The third-order valence-corrected chi connectivity index (χ3v) is 5.64. The summed E-state index contributed by atoms with van der Waals surface area (Å²) in [5.41, 5.74) is 1.78. The summed E-state index contributed by atoms with van der Waals surface area (Å²) in [4.78, 5) is 26.5. The Labute approximate surface area is 170 Å². The Bertz CT molecular complexity index is 862. The molecule has 0 atom stereocenters. The first-order chi connectivity index (χ1) is 13.4. The topological polar surface area (TPSA) is 58.6 Å². The molecule has 1 N–H and O–H groups in total. The highest BCUT2D eigenvalue weighted by Crippen LogP contribution is 2.39. The second kappa shape index (κ2) is 8.76. The van der Waals surface area contributed by atoms with Crippen LogP contribution in [0.15, 0.2) is 48.5 Å². The molecule has 1 saturated heterocycles. The quantitative estimate of drug-likeness (QED) is 0.825. The molecule has 1 aliphatic heterocycles. The van der Waals surface area contributed by atoms with Gasteiger partial charge in [0.2, 0.25) is 11.8 Å². The molecule has 0 radical (unpaired) electrons. The van der Waals surface area contributed by atoms with E-state index in [1.54, 1.807) is 11.9 Å². The van der Waals surface area contributed by atoms with Gasteiger partial charge >= 0.3 is 0 Å². The molecule has 2 aromatic carbocycles. The molecule has 6 heteroatoms. The van der Waals surface area contributed by atoms with Crippen LogP contribution in [0.25, 0.3) is 0 Å². The second-order valence-corrected chi connectivity index (χ2v) is 7.61. The summed E-state index contributed by atoms with van der Waals surface area (Å²) in [5.74, 6) is -0.0877. The SMILES string of the molecule is CC(=O)N(C)Cc1cccc(NC(=O)C2(c3ccccc3Cl)CCOCC2)c1. The van der Waals surface area contributed by atoms with Crippen molar-refractivity contribution in [3.63, 3.8) is 0 Å². The third kappa shape index (κ3) is 4.37. The van der Waals surface area contributed by atoms with E-state index in [2.05, 4.69) is 5.32 Å². The monoisotopic (exact) mass is 400 g/mol. The molecule has 1 heterocycles. The minimum Gasteiger partial charge on any atom is -0.381 e. The zero-order chi connectivity index (χ0) is 20.1. The van der Waals surface area contributed by atoms with E-state index in [0.29, 0.717) is 43.3 Å². The number of ether oxygens (including phenoxy) is 1. The number of rotatable bonds is 5. The van der Waals surface area contributed by atoms with E-state index in [1.165, 1.54) is 6.92 Å². The molecule has 0 saturated carbocycles. The van der Waals surface area contributed by atoms with Crippen LogP contribution in [-0.4, -0.2) is 37.0 Å². The normalized spacial score (nSPS) is 15.7.